The average molecular weight is 322 g/mol. The van der Waals surface area contributed by atoms with Crippen LogP contribution in [0.1, 0.15) is 0 Å². The van der Waals surface area contributed by atoms with Gasteiger partial charge in [0.05, 0.1) is 43.9 Å². The lowest BCUT2D eigenvalue weighted by Gasteiger charge is -2.29. The number of carbonyl (C=O) groups excluding carboxylic acids is 1. The van der Waals surface area contributed by atoms with E-state index in [2.05, 4.69) is 20.5 Å². The maximum absolute atomic E-state index is 12.0. The van der Waals surface area contributed by atoms with Gasteiger partial charge in [0.15, 0.2) is 0 Å². The molecule has 2 aliphatic heterocycles. The molecule has 3 unspecified atom stereocenters. The summed E-state index contributed by atoms with van der Waals surface area (Å²) in [5, 5.41) is 15.8. The van der Waals surface area contributed by atoms with Crippen molar-refractivity contribution < 1.29 is 19.4 Å². The molecule has 3 heterocycles. The van der Waals surface area contributed by atoms with Crippen molar-refractivity contribution in [2.24, 2.45) is 0 Å². The third kappa shape index (κ3) is 4.38. The number of hydrogen-bond donors (Lipinski definition) is 3. The van der Waals surface area contributed by atoms with Crippen LogP contribution < -0.4 is 10.6 Å². The van der Waals surface area contributed by atoms with Crippen LogP contribution in [0.25, 0.3) is 0 Å². The third-order valence-corrected chi connectivity index (χ3v) is 4.06. The summed E-state index contributed by atoms with van der Waals surface area (Å²) in [7, 11) is 0. The Bertz CT molecular complexity index is 509. The van der Waals surface area contributed by atoms with E-state index < -0.39 is 12.1 Å². The lowest BCUT2D eigenvalue weighted by atomic mass is 10.1. The summed E-state index contributed by atoms with van der Waals surface area (Å²) < 4.78 is 11.0. The van der Waals surface area contributed by atoms with E-state index in [9.17, 15) is 9.90 Å². The molecule has 23 heavy (non-hydrogen) atoms. The van der Waals surface area contributed by atoms with Crippen LogP contribution in [0.3, 0.4) is 0 Å². The Kier molecular flexibility index (Phi) is 5.39. The molecule has 0 aromatic carbocycles. The molecule has 0 aliphatic carbocycles. The first-order valence-electron chi connectivity index (χ1n) is 7.79. The number of hydrogen-bond acceptors (Lipinski definition) is 6. The third-order valence-electron chi connectivity index (χ3n) is 4.06. The number of carbonyl (C=O) groups is 1. The zero-order chi connectivity index (χ0) is 16.1. The van der Waals surface area contributed by atoms with Gasteiger partial charge in [-0.2, -0.15) is 0 Å². The Morgan fingerprint density at radius 1 is 1.43 bits per heavy atom. The van der Waals surface area contributed by atoms with E-state index >= 15 is 0 Å². The summed E-state index contributed by atoms with van der Waals surface area (Å²) in [6.45, 7) is 4.04. The number of nitrogens with zero attached hydrogens (tertiary/aromatic N) is 2. The van der Waals surface area contributed by atoms with Gasteiger partial charge >= 0.3 is 6.03 Å². The van der Waals surface area contributed by atoms with E-state index in [-0.39, 0.29) is 12.1 Å². The van der Waals surface area contributed by atoms with Gasteiger partial charge in [-0.3, -0.25) is 9.88 Å². The van der Waals surface area contributed by atoms with Gasteiger partial charge in [-0.05, 0) is 12.1 Å². The van der Waals surface area contributed by atoms with Crippen molar-refractivity contribution in [3.8, 4) is 0 Å². The number of aliphatic hydroxyl groups excluding tert-OH is 1. The standard InChI is InChI=1S/C15H22N4O4/c20-14-12(18-15(21)17-11-2-1-3-16-8-11)10-23-13(14)9-19-4-6-22-7-5-19/h1-3,8,12-14,20H,4-7,9-10H2,(H2,17,18,21). The highest BCUT2D eigenvalue weighted by molar-refractivity contribution is 5.89. The fraction of sp³-hybridized carbons (Fsp3) is 0.600. The molecule has 0 radical (unpaired) electrons. The summed E-state index contributed by atoms with van der Waals surface area (Å²) in [6.07, 6.45) is 2.17. The summed E-state index contributed by atoms with van der Waals surface area (Å²) >= 11 is 0. The second kappa shape index (κ2) is 7.69. The second-order valence-electron chi connectivity index (χ2n) is 5.72. The molecule has 0 saturated carbocycles. The fourth-order valence-corrected chi connectivity index (χ4v) is 2.78. The number of aromatic nitrogens is 1. The number of morpholine rings is 1. The highest BCUT2D eigenvalue weighted by Gasteiger charge is 2.37. The number of anilines is 1. The summed E-state index contributed by atoms with van der Waals surface area (Å²) in [5.74, 6) is 0. The SMILES string of the molecule is O=C(Nc1cccnc1)NC1COC(CN2CCOCC2)C1O. The van der Waals surface area contributed by atoms with Gasteiger partial charge in [-0.1, -0.05) is 0 Å². The topological polar surface area (TPSA) is 96.0 Å². The quantitative estimate of drug-likeness (QED) is 0.702. The van der Waals surface area contributed by atoms with Gasteiger partial charge in [-0.25, -0.2) is 4.79 Å². The highest BCUT2D eigenvalue weighted by Crippen LogP contribution is 2.16. The van der Waals surface area contributed by atoms with Crippen LogP contribution in [0.15, 0.2) is 24.5 Å². The largest absolute Gasteiger partial charge is 0.388 e. The first-order chi connectivity index (χ1) is 11.2. The monoisotopic (exact) mass is 322 g/mol. The van der Waals surface area contributed by atoms with Gasteiger partial charge in [0, 0.05) is 25.8 Å². The molecule has 3 N–H and O–H groups in total. The van der Waals surface area contributed by atoms with Gasteiger partial charge in [0.25, 0.3) is 0 Å². The number of nitrogens with one attached hydrogen (secondary N) is 2. The molecular formula is C15H22N4O4. The Hall–Kier alpha value is -1.74. The van der Waals surface area contributed by atoms with Crippen molar-refractivity contribution in [2.45, 2.75) is 18.2 Å². The van der Waals surface area contributed by atoms with Gasteiger partial charge < -0.3 is 25.2 Å². The van der Waals surface area contributed by atoms with Crippen LogP contribution in [-0.4, -0.2) is 78.7 Å². The molecule has 2 saturated heterocycles. The Morgan fingerprint density at radius 2 is 2.26 bits per heavy atom. The highest BCUT2D eigenvalue weighted by atomic mass is 16.5. The Balaban J connectivity index is 1.46. The molecule has 2 aliphatic rings. The molecule has 0 spiro atoms. The van der Waals surface area contributed by atoms with Crippen LogP contribution >= 0.6 is 0 Å². The average Bonchev–Trinajstić information content (AvgIpc) is 2.90. The van der Waals surface area contributed by atoms with E-state index in [1.54, 1.807) is 24.5 Å². The normalized spacial score (nSPS) is 28.5. The molecule has 8 nitrogen and oxygen atoms in total. The number of amides is 2. The van der Waals surface area contributed by atoms with E-state index in [0.29, 0.717) is 32.1 Å². The summed E-state index contributed by atoms with van der Waals surface area (Å²) in [6, 6.07) is 2.69. The molecule has 2 fully saturated rings. The van der Waals surface area contributed by atoms with Crippen LogP contribution in [0, 0.1) is 0 Å². The van der Waals surface area contributed by atoms with E-state index in [1.807, 2.05) is 0 Å². The molecule has 0 bridgehead atoms. The minimum Gasteiger partial charge on any atom is -0.388 e. The lowest BCUT2D eigenvalue weighted by Crippen LogP contribution is -2.49. The zero-order valence-electron chi connectivity index (χ0n) is 12.9. The molecule has 2 amide bonds. The van der Waals surface area contributed by atoms with Crippen LogP contribution in [0.2, 0.25) is 0 Å². The van der Waals surface area contributed by atoms with Crippen molar-refractivity contribution in [3.63, 3.8) is 0 Å². The van der Waals surface area contributed by atoms with Crippen molar-refractivity contribution in [1.82, 2.24) is 15.2 Å². The molecule has 3 rings (SSSR count). The smallest absolute Gasteiger partial charge is 0.319 e. The first kappa shape index (κ1) is 16.1. The minimum absolute atomic E-state index is 0.295. The molecule has 3 atom stereocenters. The van der Waals surface area contributed by atoms with Gasteiger partial charge in [0.1, 0.15) is 6.10 Å². The predicted octanol–water partition coefficient (Wildman–Crippen LogP) is -0.336. The number of rotatable bonds is 4. The predicted molar refractivity (Wildman–Crippen MR) is 83.2 cm³/mol. The number of ether oxygens (including phenoxy) is 2. The van der Waals surface area contributed by atoms with Crippen LogP contribution in [0.4, 0.5) is 10.5 Å². The summed E-state index contributed by atoms with van der Waals surface area (Å²) in [4.78, 5) is 18.1. The lowest BCUT2D eigenvalue weighted by molar-refractivity contribution is -0.0180. The van der Waals surface area contributed by atoms with Gasteiger partial charge in [0.2, 0.25) is 0 Å². The van der Waals surface area contributed by atoms with E-state index in [1.165, 1.54) is 0 Å². The Labute approximate surface area is 134 Å². The fourth-order valence-electron chi connectivity index (χ4n) is 2.78. The van der Waals surface area contributed by atoms with E-state index in [4.69, 9.17) is 9.47 Å². The zero-order valence-corrected chi connectivity index (χ0v) is 12.9. The molecule has 1 aromatic heterocycles. The molecular weight excluding hydrogens is 300 g/mol. The maximum atomic E-state index is 12.0. The second-order valence-corrected chi connectivity index (χ2v) is 5.72. The maximum Gasteiger partial charge on any atom is 0.319 e. The van der Waals surface area contributed by atoms with Crippen molar-refractivity contribution >= 4 is 11.7 Å². The van der Waals surface area contributed by atoms with Crippen LogP contribution in [0.5, 0.6) is 0 Å². The number of aliphatic hydroxyl groups is 1. The van der Waals surface area contributed by atoms with E-state index in [0.717, 1.165) is 13.1 Å². The molecule has 126 valence electrons. The number of pyridine rings is 1. The van der Waals surface area contributed by atoms with Crippen molar-refractivity contribution in [2.75, 3.05) is 44.8 Å². The number of urea groups is 1. The van der Waals surface area contributed by atoms with Crippen LogP contribution in [-0.2, 0) is 9.47 Å². The van der Waals surface area contributed by atoms with Crippen molar-refractivity contribution in [1.29, 1.82) is 0 Å². The Morgan fingerprint density at radius 3 is 3.00 bits per heavy atom. The van der Waals surface area contributed by atoms with Crippen molar-refractivity contribution in [3.05, 3.63) is 24.5 Å². The summed E-state index contributed by atoms with van der Waals surface area (Å²) in [5.41, 5.74) is 0.600. The van der Waals surface area contributed by atoms with Gasteiger partial charge in [-0.15, -0.1) is 0 Å². The minimum atomic E-state index is -0.725. The molecule has 8 heteroatoms. The molecule has 1 aromatic rings. The first-order valence-corrected chi connectivity index (χ1v) is 7.79.